The molecular formula is C32H53NO8P2. The molecule has 244 valence electrons. The maximum atomic E-state index is 14.8. The number of benzene rings is 1. The number of rotatable bonds is 21. The summed E-state index contributed by atoms with van der Waals surface area (Å²) in [5.41, 5.74) is 4.18. The molecule has 0 fully saturated rings. The van der Waals surface area contributed by atoms with Gasteiger partial charge in [-0.2, -0.15) is 0 Å². The normalized spacial score (nSPS) is 13.1. The number of anilines is 1. The van der Waals surface area contributed by atoms with Crippen LogP contribution >= 0.6 is 15.2 Å². The van der Waals surface area contributed by atoms with Crippen molar-refractivity contribution in [2.24, 2.45) is 0 Å². The van der Waals surface area contributed by atoms with Crippen LogP contribution in [0, 0.1) is 0 Å². The third-order valence-electron chi connectivity index (χ3n) is 6.75. The molecule has 1 rings (SSSR count). The summed E-state index contributed by atoms with van der Waals surface area (Å²) in [6.45, 7) is 15.7. The Hall–Kier alpha value is -1.99. The maximum absolute atomic E-state index is 14.8. The Labute approximate surface area is 259 Å². The first kappa shape index (κ1) is 39.0. The molecule has 0 saturated heterocycles. The van der Waals surface area contributed by atoms with Gasteiger partial charge in [-0.1, -0.05) is 47.1 Å². The van der Waals surface area contributed by atoms with Gasteiger partial charge in [-0.3, -0.25) is 9.13 Å². The quantitative estimate of drug-likeness (QED) is 0.0797. The minimum atomic E-state index is -4.09. The van der Waals surface area contributed by atoms with Crippen molar-refractivity contribution >= 4 is 26.8 Å². The largest absolute Gasteiger partial charge is 0.465 e. The second kappa shape index (κ2) is 19.4. The van der Waals surface area contributed by atoms with E-state index in [1.165, 1.54) is 12.7 Å². The molecule has 0 aliphatic rings. The van der Waals surface area contributed by atoms with E-state index in [2.05, 4.69) is 25.2 Å². The van der Waals surface area contributed by atoms with E-state index in [1.54, 1.807) is 45.9 Å². The maximum Gasteiger partial charge on any atom is 0.349 e. The van der Waals surface area contributed by atoms with Gasteiger partial charge in [-0.15, -0.1) is 0 Å². The number of hydrogen-bond donors (Lipinski definition) is 1. The number of carbonyl (C=O) groups excluding carboxylic acids is 1. The Kier molecular flexibility index (Phi) is 17.6. The van der Waals surface area contributed by atoms with Crippen molar-refractivity contribution in [3.05, 3.63) is 64.8 Å². The molecule has 0 saturated carbocycles. The van der Waals surface area contributed by atoms with Crippen LogP contribution in [0.1, 0.15) is 91.4 Å². The Morgan fingerprint density at radius 3 is 1.74 bits per heavy atom. The Morgan fingerprint density at radius 1 is 0.791 bits per heavy atom. The molecule has 0 spiro atoms. The monoisotopic (exact) mass is 641 g/mol. The molecule has 1 aromatic carbocycles. The van der Waals surface area contributed by atoms with E-state index in [0.717, 1.165) is 24.0 Å². The Morgan fingerprint density at radius 2 is 1.28 bits per heavy atom. The molecule has 0 heterocycles. The lowest BCUT2D eigenvalue weighted by molar-refractivity contribution is 0.0601. The summed E-state index contributed by atoms with van der Waals surface area (Å²) in [6.07, 6.45) is 7.80. The van der Waals surface area contributed by atoms with Crippen molar-refractivity contribution in [3.8, 4) is 0 Å². The van der Waals surface area contributed by atoms with E-state index in [1.807, 2.05) is 32.1 Å². The SMILES string of the molecule is CCOP(=O)(OCC)C(CC=C(C)CCC=C(C)C)(CC=C(C)CNc1ccccc1C(=O)OC)P(=O)(OCC)OCC. The van der Waals surface area contributed by atoms with Crippen molar-refractivity contribution in [3.63, 3.8) is 0 Å². The fraction of sp³-hybridized carbons (Fsp3) is 0.594. The predicted octanol–water partition coefficient (Wildman–Crippen LogP) is 9.53. The minimum absolute atomic E-state index is 0.0471. The average molecular weight is 642 g/mol. The highest BCUT2D eigenvalue weighted by Gasteiger charge is 2.64. The van der Waals surface area contributed by atoms with E-state index in [9.17, 15) is 13.9 Å². The zero-order chi connectivity index (χ0) is 32.5. The standard InChI is InChI=1S/C32H53NO8P2/c1-10-38-42(35,39-11-2)32(43(36,40-12-3)41-13-4,23-21-27(7)18-16-17-26(5)6)24-22-28(8)25-33-30-20-15-14-19-29(30)31(34)37-9/h14-15,17,19-22,33H,10-13,16,18,23-25H2,1-9H3. The number of carbonyl (C=O) groups is 1. The van der Waals surface area contributed by atoms with Crippen LogP contribution in [0.4, 0.5) is 5.69 Å². The van der Waals surface area contributed by atoms with Crippen LogP contribution in [0.3, 0.4) is 0 Å². The first-order valence-electron chi connectivity index (χ1n) is 15.0. The summed E-state index contributed by atoms with van der Waals surface area (Å²) >= 11 is 0. The van der Waals surface area contributed by atoms with Gasteiger partial charge in [-0.25, -0.2) is 4.79 Å². The molecule has 0 aliphatic carbocycles. The van der Waals surface area contributed by atoms with E-state index in [-0.39, 0.29) is 39.3 Å². The molecule has 0 bridgehead atoms. The Balaban J connectivity index is 3.68. The number of esters is 1. The van der Waals surface area contributed by atoms with Gasteiger partial charge in [0.25, 0.3) is 0 Å². The molecule has 0 amide bonds. The average Bonchev–Trinajstić information content (AvgIpc) is 2.96. The summed E-state index contributed by atoms with van der Waals surface area (Å²) in [5.74, 6) is -0.445. The fourth-order valence-corrected chi connectivity index (χ4v) is 10.1. The number of para-hydroxylation sites is 1. The van der Waals surface area contributed by atoms with Crippen LogP contribution in [0.2, 0.25) is 0 Å². The van der Waals surface area contributed by atoms with Crippen LogP contribution in [-0.4, -0.2) is 50.9 Å². The molecule has 0 unspecified atom stereocenters. The first-order chi connectivity index (χ1) is 20.4. The van der Waals surface area contributed by atoms with Gasteiger partial charge in [-0.05, 0) is 93.2 Å². The summed E-state index contributed by atoms with van der Waals surface area (Å²) in [6, 6.07) is 7.07. The van der Waals surface area contributed by atoms with E-state index in [4.69, 9.17) is 22.8 Å². The molecule has 11 heteroatoms. The summed E-state index contributed by atoms with van der Waals surface area (Å²) in [5, 5.41) is 3.28. The van der Waals surface area contributed by atoms with Crippen molar-refractivity contribution in [1.29, 1.82) is 0 Å². The fourth-order valence-electron chi connectivity index (χ4n) is 4.51. The van der Waals surface area contributed by atoms with Gasteiger partial charge in [0.2, 0.25) is 0 Å². The van der Waals surface area contributed by atoms with Gasteiger partial charge in [0.05, 0.1) is 39.1 Å². The first-order valence-corrected chi connectivity index (χ1v) is 18.1. The highest BCUT2D eigenvalue weighted by molar-refractivity contribution is 7.74. The van der Waals surface area contributed by atoms with Crippen LogP contribution in [-0.2, 0) is 32.0 Å². The van der Waals surface area contributed by atoms with Gasteiger partial charge >= 0.3 is 21.2 Å². The molecule has 0 radical (unpaired) electrons. The number of allylic oxidation sites excluding steroid dienone is 5. The number of methoxy groups -OCH3 is 1. The van der Waals surface area contributed by atoms with Crippen molar-refractivity contribution in [2.45, 2.75) is 86.0 Å². The molecule has 1 N–H and O–H groups in total. The zero-order valence-electron chi connectivity index (χ0n) is 27.6. The van der Waals surface area contributed by atoms with E-state index in [0.29, 0.717) is 17.8 Å². The van der Waals surface area contributed by atoms with E-state index >= 15 is 0 Å². The lowest BCUT2D eigenvalue weighted by Gasteiger charge is -2.41. The number of hydrogen-bond acceptors (Lipinski definition) is 9. The lowest BCUT2D eigenvalue weighted by atomic mass is 10.1. The third kappa shape index (κ3) is 11.1. The zero-order valence-corrected chi connectivity index (χ0v) is 29.4. The molecule has 9 nitrogen and oxygen atoms in total. The van der Waals surface area contributed by atoms with Gasteiger partial charge in [0.1, 0.15) is 0 Å². The molecule has 43 heavy (non-hydrogen) atoms. The van der Waals surface area contributed by atoms with Gasteiger partial charge < -0.3 is 28.1 Å². The minimum Gasteiger partial charge on any atom is -0.465 e. The second-order valence-electron chi connectivity index (χ2n) is 10.4. The number of nitrogens with one attached hydrogen (secondary N) is 1. The third-order valence-corrected chi connectivity index (χ3v) is 13.4. The van der Waals surface area contributed by atoms with Crippen LogP contribution < -0.4 is 5.32 Å². The van der Waals surface area contributed by atoms with Gasteiger partial charge in [0, 0.05) is 12.2 Å². The number of ether oxygens (including phenoxy) is 1. The summed E-state index contributed by atoms with van der Waals surface area (Å²) < 4.78 is 58.1. The molecule has 0 aliphatic heterocycles. The molecule has 0 atom stereocenters. The topological polar surface area (TPSA) is 109 Å². The van der Waals surface area contributed by atoms with Crippen LogP contribution in [0.25, 0.3) is 0 Å². The molecule has 1 aromatic rings. The van der Waals surface area contributed by atoms with Gasteiger partial charge in [0.15, 0.2) is 4.90 Å². The summed E-state index contributed by atoms with van der Waals surface area (Å²) in [7, 11) is -6.85. The highest BCUT2D eigenvalue weighted by Crippen LogP contribution is 2.80. The van der Waals surface area contributed by atoms with Crippen LogP contribution in [0.15, 0.2) is 59.2 Å². The highest BCUT2D eigenvalue weighted by atomic mass is 31.2. The van der Waals surface area contributed by atoms with Crippen molar-refractivity contribution < 1.29 is 36.8 Å². The molecular weight excluding hydrogens is 588 g/mol. The molecule has 0 aromatic heterocycles. The Bertz CT molecular complexity index is 1150. The smallest absolute Gasteiger partial charge is 0.349 e. The summed E-state index contributed by atoms with van der Waals surface area (Å²) in [4.78, 5) is 10.6. The van der Waals surface area contributed by atoms with Crippen LogP contribution in [0.5, 0.6) is 0 Å². The van der Waals surface area contributed by atoms with E-state index < -0.39 is 26.1 Å². The predicted molar refractivity (Wildman–Crippen MR) is 176 cm³/mol. The second-order valence-corrected chi connectivity index (χ2v) is 15.5. The lowest BCUT2D eigenvalue weighted by Crippen LogP contribution is -2.33. The van der Waals surface area contributed by atoms with Crippen molar-refractivity contribution in [1.82, 2.24) is 0 Å². The van der Waals surface area contributed by atoms with Crippen molar-refractivity contribution in [2.75, 3.05) is 45.4 Å².